The minimum absolute atomic E-state index is 0.0640. The van der Waals surface area contributed by atoms with Gasteiger partial charge in [-0.05, 0) is 45.9 Å². The molecule has 0 aromatic rings. The van der Waals surface area contributed by atoms with Gasteiger partial charge in [-0.1, -0.05) is 6.42 Å². The molecule has 94 valence electrons. The maximum atomic E-state index is 13.8. The van der Waals surface area contributed by atoms with E-state index < -0.39 is 11.8 Å². The Balaban J connectivity index is 1.87. The largest absolute Gasteiger partial charge is 0.303 e. The maximum absolute atomic E-state index is 13.8. The number of likely N-dealkylation sites (tertiary alicyclic amines) is 2. The van der Waals surface area contributed by atoms with E-state index in [-0.39, 0.29) is 6.54 Å². The molecule has 0 spiro atoms. The van der Waals surface area contributed by atoms with Crippen molar-refractivity contribution in [3.05, 3.63) is 0 Å². The van der Waals surface area contributed by atoms with Gasteiger partial charge < -0.3 is 9.80 Å². The predicted molar refractivity (Wildman–Crippen MR) is 60.8 cm³/mol. The smallest absolute Gasteiger partial charge is 0.264 e. The number of hydrogen-bond donors (Lipinski definition) is 0. The molecular formula is C12H22F2N2. The van der Waals surface area contributed by atoms with Crippen molar-refractivity contribution in [3.8, 4) is 0 Å². The Hall–Kier alpha value is -0.220. The van der Waals surface area contributed by atoms with Crippen LogP contribution in [0.2, 0.25) is 0 Å². The monoisotopic (exact) mass is 232 g/mol. The Bertz CT molecular complexity index is 227. The first kappa shape index (κ1) is 12.2. The molecule has 2 aliphatic heterocycles. The first-order valence-corrected chi connectivity index (χ1v) is 6.37. The van der Waals surface area contributed by atoms with Crippen LogP contribution < -0.4 is 0 Å². The Kier molecular flexibility index (Phi) is 3.80. The van der Waals surface area contributed by atoms with E-state index in [2.05, 4.69) is 4.90 Å². The van der Waals surface area contributed by atoms with Crippen LogP contribution in [-0.2, 0) is 0 Å². The summed E-state index contributed by atoms with van der Waals surface area (Å²) in [7, 11) is 1.78. The number of hydrogen-bond acceptors (Lipinski definition) is 2. The summed E-state index contributed by atoms with van der Waals surface area (Å²) in [5, 5.41) is 0. The highest BCUT2D eigenvalue weighted by atomic mass is 19.3. The molecule has 0 radical (unpaired) electrons. The van der Waals surface area contributed by atoms with Gasteiger partial charge in [0.15, 0.2) is 0 Å². The Morgan fingerprint density at radius 2 is 1.81 bits per heavy atom. The van der Waals surface area contributed by atoms with Gasteiger partial charge in [0.2, 0.25) is 0 Å². The standard InChI is InChI=1S/C12H22F2N2/c1-15-8-5-11(12(13,14)10-15)9-16-6-3-2-4-7-16/h11H,2-10H2,1H3/t11-/m1/s1. The van der Waals surface area contributed by atoms with E-state index in [9.17, 15) is 8.78 Å². The number of piperidine rings is 2. The van der Waals surface area contributed by atoms with E-state index in [0.29, 0.717) is 13.0 Å². The molecule has 0 saturated carbocycles. The zero-order valence-electron chi connectivity index (χ0n) is 10.1. The van der Waals surface area contributed by atoms with E-state index in [1.54, 1.807) is 11.9 Å². The second kappa shape index (κ2) is 4.96. The Morgan fingerprint density at radius 3 is 2.44 bits per heavy atom. The maximum Gasteiger partial charge on any atom is 0.264 e. The summed E-state index contributed by atoms with van der Waals surface area (Å²) in [6.07, 6.45) is 4.26. The summed E-state index contributed by atoms with van der Waals surface area (Å²) in [5.74, 6) is -2.92. The number of rotatable bonds is 2. The topological polar surface area (TPSA) is 6.48 Å². The van der Waals surface area contributed by atoms with Crippen LogP contribution in [0.15, 0.2) is 0 Å². The van der Waals surface area contributed by atoms with Gasteiger partial charge in [-0.15, -0.1) is 0 Å². The van der Waals surface area contributed by atoms with Crippen LogP contribution in [0, 0.1) is 5.92 Å². The van der Waals surface area contributed by atoms with Crippen molar-refractivity contribution in [1.82, 2.24) is 9.80 Å². The molecule has 0 bridgehead atoms. The molecule has 1 atom stereocenters. The van der Waals surface area contributed by atoms with Crippen molar-refractivity contribution in [3.63, 3.8) is 0 Å². The summed E-state index contributed by atoms with van der Waals surface area (Å²) in [6.45, 7) is 3.38. The van der Waals surface area contributed by atoms with Gasteiger partial charge in [0.05, 0.1) is 6.54 Å². The molecule has 0 aliphatic carbocycles. The van der Waals surface area contributed by atoms with E-state index >= 15 is 0 Å². The minimum Gasteiger partial charge on any atom is -0.303 e. The van der Waals surface area contributed by atoms with Crippen LogP contribution in [0.5, 0.6) is 0 Å². The third kappa shape index (κ3) is 2.92. The normalized spacial score (nSPS) is 32.8. The Morgan fingerprint density at radius 1 is 1.12 bits per heavy atom. The molecule has 0 amide bonds. The first-order valence-electron chi connectivity index (χ1n) is 6.37. The van der Waals surface area contributed by atoms with Gasteiger partial charge in [-0.2, -0.15) is 0 Å². The summed E-state index contributed by atoms with van der Waals surface area (Å²) in [6, 6.07) is 0. The fourth-order valence-corrected chi connectivity index (χ4v) is 2.83. The van der Waals surface area contributed by atoms with E-state index in [4.69, 9.17) is 0 Å². The lowest BCUT2D eigenvalue weighted by atomic mass is 9.92. The van der Waals surface area contributed by atoms with Crippen molar-refractivity contribution in [1.29, 1.82) is 0 Å². The zero-order valence-corrected chi connectivity index (χ0v) is 10.1. The molecular weight excluding hydrogens is 210 g/mol. The van der Waals surface area contributed by atoms with Crippen LogP contribution >= 0.6 is 0 Å². The van der Waals surface area contributed by atoms with Gasteiger partial charge in [-0.25, -0.2) is 8.78 Å². The molecule has 0 N–H and O–H groups in total. The first-order chi connectivity index (χ1) is 7.58. The number of halogens is 2. The van der Waals surface area contributed by atoms with Crippen molar-refractivity contribution in [2.45, 2.75) is 31.6 Å². The molecule has 16 heavy (non-hydrogen) atoms. The second-order valence-electron chi connectivity index (χ2n) is 5.35. The highest BCUT2D eigenvalue weighted by Crippen LogP contribution is 2.33. The van der Waals surface area contributed by atoms with Crippen LogP contribution in [0.3, 0.4) is 0 Å². The van der Waals surface area contributed by atoms with Gasteiger partial charge in [0, 0.05) is 12.5 Å². The molecule has 2 nitrogen and oxygen atoms in total. The molecule has 0 unspecified atom stereocenters. The summed E-state index contributed by atoms with van der Waals surface area (Å²) in [4.78, 5) is 3.97. The van der Waals surface area contributed by atoms with Crippen LogP contribution in [0.25, 0.3) is 0 Å². The number of alkyl halides is 2. The molecule has 2 aliphatic rings. The van der Waals surface area contributed by atoms with E-state index in [1.807, 2.05) is 0 Å². The molecule has 2 saturated heterocycles. The Labute approximate surface area is 96.6 Å². The van der Waals surface area contributed by atoms with Gasteiger partial charge >= 0.3 is 0 Å². The third-order valence-electron chi connectivity index (χ3n) is 3.86. The van der Waals surface area contributed by atoms with Gasteiger partial charge in [-0.3, -0.25) is 0 Å². The SMILES string of the molecule is CN1CC[C@H](CN2CCCCC2)C(F)(F)C1. The molecule has 0 aromatic carbocycles. The van der Waals surface area contributed by atoms with Crippen molar-refractivity contribution >= 4 is 0 Å². The second-order valence-corrected chi connectivity index (χ2v) is 5.35. The molecule has 2 rings (SSSR count). The fourth-order valence-electron chi connectivity index (χ4n) is 2.83. The van der Waals surface area contributed by atoms with Crippen LogP contribution in [-0.4, -0.2) is 55.5 Å². The van der Waals surface area contributed by atoms with Crippen LogP contribution in [0.1, 0.15) is 25.7 Å². The average molecular weight is 232 g/mol. The summed E-state index contributed by atoms with van der Waals surface area (Å²) < 4.78 is 27.6. The lowest BCUT2D eigenvalue weighted by Crippen LogP contribution is -2.51. The van der Waals surface area contributed by atoms with E-state index in [1.165, 1.54) is 19.3 Å². The molecule has 2 heterocycles. The highest BCUT2D eigenvalue weighted by molar-refractivity contribution is 4.87. The van der Waals surface area contributed by atoms with Gasteiger partial charge in [0.25, 0.3) is 5.92 Å². The zero-order chi connectivity index (χ0) is 11.6. The fraction of sp³-hybridized carbons (Fsp3) is 1.00. The quantitative estimate of drug-likeness (QED) is 0.719. The van der Waals surface area contributed by atoms with Gasteiger partial charge in [0.1, 0.15) is 0 Å². The minimum atomic E-state index is -2.50. The summed E-state index contributed by atoms with van der Waals surface area (Å²) >= 11 is 0. The molecule has 0 aromatic heterocycles. The van der Waals surface area contributed by atoms with Crippen molar-refractivity contribution in [2.75, 3.05) is 39.8 Å². The summed E-state index contributed by atoms with van der Waals surface area (Å²) in [5.41, 5.74) is 0. The molecule has 4 heteroatoms. The van der Waals surface area contributed by atoms with Crippen molar-refractivity contribution < 1.29 is 8.78 Å². The lowest BCUT2D eigenvalue weighted by molar-refractivity contribution is -0.114. The predicted octanol–water partition coefficient (Wildman–Crippen LogP) is 2.06. The van der Waals surface area contributed by atoms with Crippen LogP contribution in [0.4, 0.5) is 8.78 Å². The average Bonchev–Trinajstić information content (AvgIpc) is 2.23. The van der Waals surface area contributed by atoms with E-state index in [0.717, 1.165) is 19.6 Å². The number of nitrogens with zero attached hydrogens (tertiary/aromatic N) is 2. The lowest BCUT2D eigenvalue weighted by Gasteiger charge is -2.39. The third-order valence-corrected chi connectivity index (χ3v) is 3.86. The highest BCUT2D eigenvalue weighted by Gasteiger charge is 2.43. The molecule has 2 fully saturated rings. The van der Waals surface area contributed by atoms with Crippen molar-refractivity contribution in [2.24, 2.45) is 5.92 Å².